The fraction of sp³-hybridized carbons (Fsp3) is 0.438. The van der Waals surface area contributed by atoms with Crippen LogP contribution in [0.4, 0.5) is 0 Å². The van der Waals surface area contributed by atoms with Crippen molar-refractivity contribution >= 4 is 16.8 Å². The van der Waals surface area contributed by atoms with E-state index < -0.39 is 0 Å². The van der Waals surface area contributed by atoms with E-state index in [0.717, 1.165) is 25.8 Å². The predicted octanol–water partition coefficient (Wildman–Crippen LogP) is 0.736. The molecule has 1 aliphatic rings. The van der Waals surface area contributed by atoms with Crippen molar-refractivity contribution in [1.29, 1.82) is 0 Å². The molecular weight excluding hydrogens is 280 g/mol. The van der Waals surface area contributed by atoms with E-state index >= 15 is 0 Å². The second-order valence-electron chi connectivity index (χ2n) is 5.67. The van der Waals surface area contributed by atoms with Gasteiger partial charge in [-0.05, 0) is 31.4 Å². The molecule has 1 amide bonds. The average molecular weight is 300 g/mol. The van der Waals surface area contributed by atoms with Crippen molar-refractivity contribution in [2.75, 3.05) is 13.1 Å². The number of para-hydroxylation sites is 1. The third-order valence-corrected chi connectivity index (χ3v) is 4.26. The lowest BCUT2D eigenvalue weighted by Crippen LogP contribution is -2.49. The molecule has 22 heavy (non-hydrogen) atoms. The summed E-state index contributed by atoms with van der Waals surface area (Å²) in [7, 11) is 0. The fourth-order valence-electron chi connectivity index (χ4n) is 3.03. The Morgan fingerprint density at radius 3 is 2.95 bits per heavy atom. The average Bonchev–Trinajstić information content (AvgIpc) is 2.57. The quantitative estimate of drug-likeness (QED) is 0.906. The molecule has 6 nitrogen and oxygen atoms in total. The molecule has 2 aromatic rings. The first kappa shape index (κ1) is 14.7. The first-order chi connectivity index (χ1) is 10.7. The molecular formula is C16H20N4O2. The maximum Gasteiger partial charge on any atom is 0.261 e. The number of hydrogen-bond donors (Lipinski definition) is 1. The maximum atomic E-state index is 12.5. The van der Waals surface area contributed by atoms with Crippen LogP contribution in [0.5, 0.6) is 0 Å². The number of piperidine rings is 1. The first-order valence-electron chi connectivity index (χ1n) is 7.64. The highest BCUT2D eigenvalue weighted by atomic mass is 16.2. The van der Waals surface area contributed by atoms with Crippen molar-refractivity contribution in [3.8, 4) is 0 Å². The number of nitrogens with two attached hydrogens (primary N) is 1. The van der Waals surface area contributed by atoms with Crippen LogP contribution in [0.25, 0.3) is 10.9 Å². The van der Waals surface area contributed by atoms with Gasteiger partial charge in [-0.2, -0.15) is 0 Å². The summed E-state index contributed by atoms with van der Waals surface area (Å²) in [6.07, 6.45) is 4.48. The predicted molar refractivity (Wildman–Crippen MR) is 84.4 cm³/mol. The van der Waals surface area contributed by atoms with Gasteiger partial charge in [0.2, 0.25) is 5.91 Å². The molecule has 1 fully saturated rings. The zero-order chi connectivity index (χ0) is 15.5. The molecule has 2 heterocycles. The molecule has 0 bridgehead atoms. The van der Waals surface area contributed by atoms with Gasteiger partial charge in [0.25, 0.3) is 5.56 Å². The van der Waals surface area contributed by atoms with E-state index in [0.29, 0.717) is 17.4 Å². The molecule has 3 rings (SSSR count). The van der Waals surface area contributed by atoms with E-state index in [4.69, 9.17) is 5.73 Å². The third kappa shape index (κ3) is 2.74. The van der Waals surface area contributed by atoms with Gasteiger partial charge in [-0.25, -0.2) is 4.98 Å². The molecule has 116 valence electrons. The van der Waals surface area contributed by atoms with Crippen LogP contribution in [-0.4, -0.2) is 39.5 Å². The highest BCUT2D eigenvalue weighted by molar-refractivity contribution is 5.79. The van der Waals surface area contributed by atoms with Gasteiger partial charge in [0.05, 0.1) is 17.2 Å². The zero-order valence-electron chi connectivity index (χ0n) is 12.4. The summed E-state index contributed by atoms with van der Waals surface area (Å²) in [4.78, 5) is 31.0. The SMILES string of the molecule is NCC1CCCCN1C(=O)Cn1cnc2ccccc2c1=O. The molecule has 6 heteroatoms. The van der Waals surface area contributed by atoms with Gasteiger partial charge in [-0.15, -0.1) is 0 Å². The van der Waals surface area contributed by atoms with E-state index in [2.05, 4.69) is 4.98 Å². The Morgan fingerprint density at radius 2 is 2.14 bits per heavy atom. The van der Waals surface area contributed by atoms with Crippen LogP contribution in [0, 0.1) is 0 Å². The molecule has 1 aliphatic heterocycles. The van der Waals surface area contributed by atoms with Crippen molar-refractivity contribution in [2.24, 2.45) is 5.73 Å². The maximum absolute atomic E-state index is 12.5. The highest BCUT2D eigenvalue weighted by Crippen LogP contribution is 2.16. The van der Waals surface area contributed by atoms with Crippen LogP contribution in [-0.2, 0) is 11.3 Å². The zero-order valence-corrected chi connectivity index (χ0v) is 12.4. The Morgan fingerprint density at radius 1 is 1.32 bits per heavy atom. The molecule has 0 aliphatic carbocycles. The van der Waals surface area contributed by atoms with Crippen molar-refractivity contribution in [2.45, 2.75) is 31.8 Å². The van der Waals surface area contributed by atoms with Gasteiger partial charge in [0, 0.05) is 19.1 Å². The minimum atomic E-state index is -0.180. The van der Waals surface area contributed by atoms with Crippen LogP contribution in [0.15, 0.2) is 35.4 Å². The summed E-state index contributed by atoms with van der Waals surface area (Å²) in [6.45, 7) is 1.21. The summed E-state index contributed by atoms with van der Waals surface area (Å²) < 4.78 is 1.38. The van der Waals surface area contributed by atoms with E-state index in [1.54, 1.807) is 18.2 Å². The number of aromatic nitrogens is 2. The minimum absolute atomic E-state index is 0.0210. The summed E-state index contributed by atoms with van der Waals surface area (Å²) in [5, 5.41) is 0.534. The van der Waals surface area contributed by atoms with Crippen molar-refractivity contribution < 1.29 is 4.79 Å². The number of rotatable bonds is 3. The lowest BCUT2D eigenvalue weighted by molar-refractivity contribution is -0.135. The third-order valence-electron chi connectivity index (χ3n) is 4.26. The topological polar surface area (TPSA) is 81.2 Å². The van der Waals surface area contributed by atoms with E-state index in [1.807, 2.05) is 11.0 Å². The van der Waals surface area contributed by atoms with E-state index in [-0.39, 0.29) is 24.1 Å². The number of nitrogens with zero attached hydrogens (tertiary/aromatic N) is 3. The molecule has 1 saturated heterocycles. The molecule has 1 unspecified atom stereocenters. The normalized spacial score (nSPS) is 18.6. The van der Waals surface area contributed by atoms with Gasteiger partial charge in [0.1, 0.15) is 6.54 Å². The number of fused-ring (bicyclic) bond motifs is 1. The summed E-state index contributed by atoms with van der Waals surface area (Å²) in [6, 6.07) is 7.24. The minimum Gasteiger partial charge on any atom is -0.337 e. The summed E-state index contributed by atoms with van der Waals surface area (Å²) >= 11 is 0. The van der Waals surface area contributed by atoms with Crippen LogP contribution >= 0.6 is 0 Å². The van der Waals surface area contributed by atoms with E-state index in [9.17, 15) is 9.59 Å². The van der Waals surface area contributed by atoms with Crippen molar-refractivity contribution in [3.05, 3.63) is 40.9 Å². The summed E-state index contributed by atoms with van der Waals surface area (Å²) in [5.74, 6) is -0.0608. The van der Waals surface area contributed by atoms with Crippen molar-refractivity contribution in [3.63, 3.8) is 0 Å². The lowest BCUT2D eigenvalue weighted by atomic mass is 10.0. The highest BCUT2D eigenvalue weighted by Gasteiger charge is 2.25. The molecule has 0 saturated carbocycles. The Kier molecular flexibility index (Phi) is 4.20. The standard InChI is InChI=1S/C16H20N4O2/c17-9-12-5-3-4-8-20(12)15(21)10-19-11-18-14-7-2-1-6-13(14)16(19)22/h1-2,6-7,11-12H,3-5,8-10,17H2. The number of benzene rings is 1. The van der Waals surface area contributed by atoms with Crippen LogP contribution in [0.1, 0.15) is 19.3 Å². The van der Waals surface area contributed by atoms with Crippen LogP contribution < -0.4 is 11.3 Å². The lowest BCUT2D eigenvalue weighted by Gasteiger charge is -2.35. The Balaban J connectivity index is 1.85. The second kappa shape index (κ2) is 6.27. The largest absolute Gasteiger partial charge is 0.337 e. The molecule has 0 spiro atoms. The Labute approximate surface area is 128 Å². The monoisotopic (exact) mass is 300 g/mol. The number of likely N-dealkylation sites (tertiary alicyclic amines) is 1. The molecule has 2 N–H and O–H groups in total. The van der Waals surface area contributed by atoms with Gasteiger partial charge < -0.3 is 10.6 Å². The van der Waals surface area contributed by atoms with Gasteiger partial charge in [-0.3, -0.25) is 14.2 Å². The van der Waals surface area contributed by atoms with Crippen molar-refractivity contribution in [1.82, 2.24) is 14.5 Å². The van der Waals surface area contributed by atoms with Crippen LogP contribution in [0.2, 0.25) is 0 Å². The van der Waals surface area contributed by atoms with Gasteiger partial charge in [-0.1, -0.05) is 12.1 Å². The fourth-order valence-corrected chi connectivity index (χ4v) is 3.03. The number of carbonyl (C=O) groups excluding carboxylic acids is 1. The number of hydrogen-bond acceptors (Lipinski definition) is 4. The van der Waals surface area contributed by atoms with Crippen LogP contribution in [0.3, 0.4) is 0 Å². The Hall–Kier alpha value is -2.21. The molecule has 1 atom stereocenters. The molecule has 0 radical (unpaired) electrons. The molecule has 1 aromatic carbocycles. The Bertz CT molecular complexity index is 740. The van der Waals surface area contributed by atoms with Gasteiger partial charge in [0.15, 0.2) is 0 Å². The number of carbonyl (C=O) groups is 1. The summed E-state index contributed by atoms with van der Waals surface area (Å²) in [5.41, 5.74) is 6.22. The van der Waals surface area contributed by atoms with E-state index in [1.165, 1.54) is 10.9 Å². The van der Waals surface area contributed by atoms with Gasteiger partial charge >= 0.3 is 0 Å². The number of amides is 1. The molecule has 1 aromatic heterocycles. The smallest absolute Gasteiger partial charge is 0.261 e. The second-order valence-corrected chi connectivity index (χ2v) is 5.67. The first-order valence-corrected chi connectivity index (χ1v) is 7.64.